The van der Waals surface area contributed by atoms with Gasteiger partial charge >= 0.3 is 5.97 Å². The van der Waals surface area contributed by atoms with Gasteiger partial charge in [0.15, 0.2) is 0 Å². The quantitative estimate of drug-likeness (QED) is 0.0695. The molecule has 0 bridgehead atoms. The Morgan fingerprint density at radius 1 is 0.364 bits per heavy atom. The monoisotopic (exact) mass is 648 g/mol. The summed E-state index contributed by atoms with van der Waals surface area (Å²) in [4.78, 5) is 11.1. The van der Waals surface area contributed by atoms with Gasteiger partial charge in [-0.25, -0.2) is 4.39 Å². The van der Waals surface area contributed by atoms with Crippen LogP contribution in [-0.2, 0) is 66.4 Å². The maximum atomic E-state index is 11.8. The first kappa shape index (κ1) is 42.9. The van der Waals surface area contributed by atoms with Crippen LogP contribution in [-0.4, -0.2) is 178 Å². The summed E-state index contributed by atoms with van der Waals surface area (Å²) in [5, 5.41) is 0. The number of alkyl halides is 1. The molecule has 44 heavy (non-hydrogen) atoms. The summed E-state index contributed by atoms with van der Waals surface area (Å²) in [7, 11) is 0. The second-order valence-corrected chi connectivity index (χ2v) is 8.59. The van der Waals surface area contributed by atoms with Crippen molar-refractivity contribution < 1.29 is 70.8 Å². The highest BCUT2D eigenvalue weighted by atomic mass is 19.1. The molecule has 0 aromatic rings. The van der Waals surface area contributed by atoms with Crippen molar-refractivity contribution in [2.45, 2.75) is 13.3 Å². The molecule has 0 atom stereocenters. The third kappa shape index (κ3) is 38.9. The van der Waals surface area contributed by atoms with Crippen molar-refractivity contribution in [2.75, 3.05) is 172 Å². The zero-order chi connectivity index (χ0) is 31.9. The second kappa shape index (κ2) is 39.9. The molecule has 0 spiro atoms. The van der Waals surface area contributed by atoms with Gasteiger partial charge in [-0.1, -0.05) is 0 Å². The molecule has 0 unspecified atom stereocenters. The fourth-order valence-corrected chi connectivity index (χ4v) is 2.96. The van der Waals surface area contributed by atoms with Gasteiger partial charge in [0.2, 0.25) is 0 Å². The van der Waals surface area contributed by atoms with E-state index < -0.39 is 6.67 Å². The summed E-state index contributed by atoms with van der Waals surface area (Å²) in [6, 6.07) is 0. The number of carbonyl (C=O) groups excluding carboxylic acids is 1. The molecule has 0 aromatic carbocycles. The number of carbonyl (C=O) groups is 1. The van der Waals surface area contributed by atoms with Crippen LogP contribution in [0.15, 0.2) is 0 Å². The van der Waals surface area contributed by atoms with E-state index in [-0.39, 0.29) is 19.0 Å². The first-order valence-electron chi connectivity index (χ1n) is 15.5. The highest BCUT2D eigenvalue weighted by molar-refractivity contribution is 5.69. The summed E-state index contributed by atoms with van der Waals surface area (Å²) >= 11 is 0. The smallest absolute Gasteiger partial charge is 0.308 e. The van der Waals surface area contributed by atoms with Crippen molar-refractivity contribution in [1.82, 2.24) is 0 Å². The first-order valence-corrected chi connectivity index (χ1v) is 15.5. The lowest BCUT2D eigenvalue weighted by Gasteiger charge is -2.09. The van der Waals surface area contributed by atoms with Gasteiger partial charge in [-0.3, -0.25) is 4.79 Å². The maximum absolute atomic E-state index is 11.8. The Hall–Kier alpha value is -1.08. The van der Waals surface area contributed by atoms with Crippen molar-refractivity contribution in [1.29, 1.82) is 0 Å². The first-order chi connectivity index (χ1) is 21.8. The Labute approximate surface area is 262 Å². The summed E-state index contributed by atoms with van der Waals surface area (Å²) in [6.07, 6.45) is 0.253. The van der Waals surface area contributed by atoms with E-state index in [1.165, 1.54) is 0 Å². The second-order valence-electron chi connectivity index (χ2n) is 8.59. The Kier molecular flexibility index (Phi) is 39.0. The minimum absolute atomic E-state index is 0.110. The average molecular weight is 649 g/mol. The van der Waals surface area contributed by atoms with Crippen LogP contribution < -0.4 is 0 Å². The van der Waals surface area contributed by atoms with Gasteiger partial charge in [-0.15, -0.1) is 0 Å². The summed E-state index contributed by atoms with van der Waals surface area (Å²) < 4.78 is 81.0. The van der Waals surface area contributed by atoms with E-state index >= 15 is 0 Å². The van der Waals surface area contributed by atoms with Crippen molar-refractivity contribution in [3.63, 3.8) is 0 Å². The maximum Gasteiger partial charge on any atom is 0.308 e. The number of rotatable bonds is 39. The molecule has 0 aliphatic rings. The van der Waals surface area contributed by atoms with Crippen LogP contribution in [0.1, 0.15) is 13.3 Å². The lowest BCUT2D eigenvalue weighted by molar-refractivity contribution is -0.144. The zero-order valence-corrected chi connectivity index (χ0v) is 26.7. The van der Waals surface area contributed by atoms with E-state index in [0.29, 0.717) is 159 Å². The molecule has 0 saturated heterocycles. The van der Waals surface area contributed by atoms with E-state index in [9.17, 15) is 9.18 Å². The lowest BCUT2D eigenvalue weighted by atomic mass is 10.5. The molecule has 0 aliphatic carbocycles. The molecular weight excluding hydrogens is 591 g/mol. The van der Waals surface area contributed by atoms with Gasteiger partial charge in [-0.2, -0.15) is 0 Å². The molecule has 0 radical (unpaired) electrons. The minimum atomic E-state index is -0.478. The fourth-order valence-electron chi connectivity index (χ4n) is 2.96. The number of esters is 1. The van der Waals surface area contributed by atoms with E-state index in [1.54, 1.807) is 6.92 Å². The van der Waals surface area contributed by atoms with Crippen LogP contribution in [0.3, 0.4) is 0 Å². The van der Waals surface area contributed by atoms with Gasteiger partial charge in [0, 0.05) is 0 Å². The Balaban J connectivity index is 3.05. The van der Waals surface area contributed by atoms with Crippen LogP contribution in [0.4, 0.5) is 4.39 Å². The third-order valence-corrected chi connectivity index (χ3v) is 5.07. The van der Waals surface area contributed by atoms with Gasteiger partial charge in [0.05, 0.1) is 172 Å². The van der Waals surface area contributed by atoms with Crippen molar-refractivity contribution in [3.8, 4) is 0 Å². The SMILES string of the molecule is CCOC(=O)CCOCCOCCOCCOCCOCCOCCOCCOCCOCCOCCOCCOCCF. The largest absolute Gasteiger partial charge is 0.466 e. The average Bonchev–Trinajstić information content (AvgIpc) is 3.02. The van der Waals surface area contributed by atoms with Crippen LogP contribution >= 0.6 is 0 Å². The number of halogens is 1. The molecule has 14 nitrogen and oxygen atoms in total. The molecule has 0 amide bonds. The van der Waals surface area contributed by atoms with Crippen molar-refractivity contribution >= 4 is 5.97 Å². The molecule has 264 valence electrons. The number of hydrogen-bond acceptors (Lipinski definition) is 14. The van der Waals surface area contributed by atoms with Crippen LogP contribution in [0, 0.1) is 0 Å². The van der Waals surface area contributed by atoms with Crippen molar-refractivity contribution in [2.24, 2.45) is 0 Å². The predicted octanol–water partition coefficient (Wildman–Crippen LogP) is 1.11. The van der Waals surface area contributed by atoms with E-state index in [0.717, 1.165) is 0 Å². The Bertz CT molecular complexity index is 550. The molecule has 0 aromatic heterocycles. The normalized spacial score (nSPS) is 11.4. The molecule has 0 fully saturated rings. The Morgan fingerprint density at radius 3 is 0.773 bits per heavy atom. The third-order valence-electron chi connectivity index (χ3n) is 5.07. The van der Waals surface area contributed by atoms with E-state index in [2.05, 4.69) is 0 Å². The predicted molar refractivity (Wildman–Crippen MR) is 157 cm³/mol. The van der Waals surface area contributed by atoms with Crippen LogP contribution in [0.25, 0.3) is 0 Å². The Morgan fingerprint density at radius 2 is 0.568 bits per heavy atom. The van der Waals surface area contributed by atoms with Crippen LogP contribution in [0.2, 0.25) is 0 Å². The minimum Gasteiger partial charge on any atom is -0.466 e. The molecule has 0 aliphatic heterocycles. The summed E-state index contributed by atoms with van der Waals surface area (Å²) in [5.41, 5.74) is 0. The molecular formula is C29H57FO14. The molecule has 0 saturated carbocycles. The zero-order valence-electron chi connectivity index (χ0n) is 26.7. The fraction of sp³-hybridized carbons (Fsp3) is 0.966. The standard InChI is InChI=1S/C29H57FO14/c1-2-44-29(31)3-5-32-7-9-34-11-13-36-15-17-38-19-21-40-23-25-42-27-28-43-26-24-41-22-20-39-18-16-37-14-12-35-10-8-33-6-4-30/h2-28H2,1H3. The molecule has 15 heteroatoms. The van der Waals surface area contributed by atoms with Gasteiger partial charge in [0.1, 0.15) is 6.67 Å². The molecule has 0 rings (SSSR count). The number of ether oxygens (including phenoxy) is 13. The highest BCUT2D eigenvalue weighted by Crippen LogP contribution is 1.90. The van der Waals surface area contributed by atoms with Crippen LogP contribution in [0.5, 0.6) is 0 Å². The summed E-state index contributed by atoms with van der Waals surface area (Å²) in [6.45, 7) is 12.5. The lowest BCUT2D eigenvalue weighted by Crippen LogP contribution is -2.15. The summed E-state index contributed by atoms with van der Waals surface area (Å²) in [5.74, 6) is -0.254. The topological polar surface area (TPSA) is 137 Å². The molecule has 0 N–H and O–H groups in total. The van der Waals surface area contributed by atoms with Crippen molar-refractivity contribution in [3.05, 3.63) is 0 Å². The van der Waals surface area contributed by atoms with E-state index in [1.807, 2.05) is 0 Å². The highest BCUT2D eigenvalue weighted by Gasteiger charge is 2.01. The van der Waals surface area contributed by atoms with Gasteiger partial charge in [0.25, 0.3) is 0 Å². The van der Waals surface area contributed by atoms with E-state index in [4.69, 9.17) is 61.6 Å². The molecule has 0 heterocycles. The van der Waals surface area contributed by atoms with Gasteiger partial charge in [-0.05, 0) is 6.92 Å². The number of hydrogen-bond donors (Lipinski definition) is 0. The van der Waals surface area contributed by atoms with Gasteiger partial charge < -0.3 is 61.6 Å².